The highest BCUT2D eigenvalue weighted by Gasteiger charge is 2.07. The maximum Gasteiger partial charge on any atom is 0.155 e. The highest BCUT2D eigenvalue weighted by molar-refractivity contribution is 6.41. The second-order valence-electron chi connectivity index (χ2n) is 2.69. The summed E-state index contributed by atoms with van der Waals surface area (Å²) in [5, 5.41) is 0. The van der Waals surface area contributed by atoms with Crippen LogP contribution >= 0.6 is 0 Å². The lowest BCUT2D eigenvalue weighted by Crippen LogP contribution is -2.02. The molecule has 1 radical (unpaired) electrons. The van der Waals surface area contributed by atoms with Gasteiger partial charge in [-0.1, -0.05) is 6.82 Å². The maximum atomic E-state index is 12.6. The number of rotatable bonds is 3. The summed E-state index contributed by atoms with van der Waals surface area (Å²) in [6.45, 7) is 1.72. The Morgan fingerprint density at radius 2 is 1.85 bits per heavy atom. The van der Waals surface area contributed by atoms with Crippen LogP contribution in [0.4, 0.5) is 8.78 Å². The number of carbonyl (C=O) groups is 1. The Hall–Kier alpha value is -1.19. The van der Waals surface area contributed by atoms with Crippen molar-refractivity contribution in [2.24, 2.45) is 0 Å². The van der Waals surface area contributed by atoms with Crippen LogP contribution in [0, 0.1) is 11.6 Å². The molecule has 0 aliphatic carbocycles. The number of ketones is 1. The van der Waals surface area contributed by atoms with E-state index in [4.69, 9.17) is 0 Å². The van der Waals surface area contributed by atoms with Crippen LogP contribution in [-0.4, -0.2) is 13.1 Å². The predicted octanol–water partition coefficient (Wildman–Crippen LogP) is 2.32. The summed E-state index contributed by atoms with van der Waals surface area (Å²) in [6.07, 6.45) is 0.197. The van der Waals surface area contributed by atoms with Gasteiger partial charge in [0.2, 0.25) is 0 Å². The van der Waals surface area contributed by atoms with E-state index in [1.807, 2.05) is 0 Å². The molecule has 0 spiro atoms. The third-order valence-corrected chi connectivity index (χ3v) is 1.57. The van der Waals surface area contributed by atoms with Gasteiger partial charge in [0.15, 0.2) is 5.78 Å². The average molecular weight is 181 g/mol. The SMILES string of the molecule is C[B]CC(=O)c1cc(F)cc(F)c1. The molecule has 0 N–H and O–H groups in total. The molecule has 0 saturated carbocycles. The van der Waals surface area contributed by atoms with E-state index in [1.165, 1.54) is 0 Å². The van der Waals surface area contributed by atoms with Crippen molar-refractivity contribution in [1.82, 2.24) is 0 Å². The minimum atomic E-state index is -0.723. The zero-order chi connectivity index (χ0) is 9.84. The summed E-state index contributed by atoms with van der Waals surface area (Å²) in [7, 11) is 1.64. The van der Waals surface area contributed by atoms with Crippen LogP contribution in [0.15, 0.2) is 18.2 Å². The van der Waals surface area contributed by atoms with Gasteiger partial charge in [-0.2, -0.15) is 0 Å². The molecule has 0 unspecified atom stereocenters. The third-order valence-electron chi connectivity index (χ3n) is 1.57. The molecular formula is C9H8BF2O. The van der Waals surface area contributed by atoms with Crippen LogP contribution in [0.2, 0.25) is 13.1 Å². The molecule has 13 heavy (non-hydrogen) atoms. The van der Waals surface area contributed by atoms with Crippen LogP contribution < -0.4 is 0 Å². The standard InChI is InChI=1S/C9H8BF2O/c1-10-5-9(13)6-2-7(11)4-8(12)3-6/h2-4H,5H2,1H3. The highest BCUT2D eigenvalue weighted by Crippen LogP contribution is 2.09. The second kappa shape index (κ2) is 4.17. The Balaban J connectivity index is 2.94. The van der Waals surface area contributed by atoms with Crippen LogP contribution in [0.1, 0.15) is 10.4 Å². The Kier molecular flexibility index (Phi) is 3.17. The summed E-state index contributed by atoms with van der Waals surface area (Å²) in [5.41, 5.74) is 0.0793. The lowest BCUT2D eigenvalue weighted by molar-refractivity contribution is 0.101. The number of carbonyl (C=O) groups excluding carboxylic acids is 1. The van der Waals surface area contributed by atoms with Crippen molar-refractivity contribution in [3.8, 4) is 0 Å². The summed E-state index contributed by atoms with van der Waals surface area (Å²) >= 11 is 0. The van der Waals surface area contributed by atoms with Crippen molar-refractivity contribution in [3.05, 3.63) is 35.4 Å². The van der Waals surface area contributed by atoms with E-state index in [-0.39, 0.29) is 17.7 Å². The molecule has 1 aromatic carbocycles. The van der Waals surface area contributed by atoms with Gasteiger partial charge in [0.1, 0.15) is 18.9 Å². The topological polar surface area (TPSA) is 17.1 Å². The van der Waals surface area contributed by atoms with Crippen molar-refractivity contribution in [1.29, 1.82) is 0 Å². The second-order valence-corrected chi connectivity index (χ2v) is 2.69. The summed E-state index contributed by atoms with van der Waals surface area (Å²) in [4.78, 5) is 11.2. The van der Waals surface area contributed by atoms with Crippen LogP contribution in [0.3, 0.4) is 0 Å². The van der Waals surface area contributed by atoms with Gasteiger partial charge in [0, 0.05) is 11.6 Å². The molecule has 0 heterocycles. The van der Waals surface area contributed by atoms with Crippen molar-refractivity contribution in [3.63, 3.8) is 0 Å². The number of hydrogen-bond acceptors (Lipinski definition) is 1. The lowest BCUT2D eigenvalue weighted by atomic mass is 9.75. The molecule has 4 heteroatoms. The van der Waals surface area contributed by atoms with E-state index in [9.17, 15) is 13.6 Å². The molecule has 0 aliphatic rings. The first kappa shape index (κ1) is 9.90. The number of halogens is 2. The molecule has 0 aliphatic heterocycles. The number of benzene rings is 1. The fourth-order valence-corrected chi connectivity index (χ4v) is 1.02. The summed E-state index contributed by atoms with van der Waals surface area (Å²) in [5.74, 6) is -1.72. The molecule has 0 amide bonds. The molecule has 0 aromatic heterocycles. The third kappa shape index (κ3) is 2.65. The smallest absolute Gasteiger partial charge is 0.155 e. The molecule has 0 atom stereocenters. The molecule has 1 aromatic rings. The zero-order valence-corrected chi connectivity index (χ0v) is 7.18. The monoisotopic (exact) mass is 181 g/mol. The van der Waals surface area contributed by atoms with E-state index >= 15 is 0 Å². The highest BCUT2D eigenvalue weighted by atomic mass is 19.1. The van der Waals surface area contributed by atoms with Gasteiger partial charge in [-0.15, -0.1) is 0 Å². The van der Waals surface area contributed by atoms with Gasteiger partial charge < -0.3 is 0 Å². The van der Waals surface area contributed by atoms with E-state index in [0.29, 0.717) is 0 Å². The molecule has 67 valence electrons. The maximum absolute atomic E-state index is 12.6. The Morgan fingerprint density at radius 3 is 2.31 bits per heavy atom. The molecule has 0 saturated heterocycles. The average Bonchev–Trinajstić information content (AvgIpc) is 2.03. The van der Waals surface area contributed by atoms with Crippen molar-refractivity contribution in [2.45, 2.75) is 13.1 Å². The molecular weight excluding hydrogens is 173 g/mol. The summed E-state index contributed by atoms with van der Waals surface area (Å²) < 4.78 is 25.3. The molecule has 0 fully saturated rings. The van der Waals surface area contributed by atoms with Crippen LogP contribution in [0.5, 0.6) is 0 Å². The zero-order valence-electron chi connectivity index (χ0n) is 7.18. The minimum Gasteiger partial charge on any atom is -0.295 e. The van der Waals surface area contributed by atoms with Crippen molar-refractivity contribution < 1.29 is 13.6 Å². The first-order valence-electron chi connectivity index (χ1n) is 3.90. The van der Waals surface area contributed by atoms with Crippen molar-refractivity contribution in [2.75, 3.05) is 0 Å². The minimum absolute atomic E-state index is 0.0793. The van der Waals surface area contributed by atoms with Crippen molar-refractivity contribution >= 4 is 13.1 Å². The van der Waals surface area contributed by atoms with Crippen LogP contribution in [0.25, 0.3) is 0 Å². The lowest BCUT2D eigenvalue weighted by Gasteiger charge is -1.99. The van der Waals surface area contributed by atoms with Gasteiger partial charge in [0.25, 0.3) is 0 Å². The van der Waals surface area contributed by atoms with Crippen LogP contribution in [-0.2, 0) is 0 Å². The Bertz CT molecular complexity index is 305. The molecule has 1 nitrogen and oxygen atoms in total. The Morgan fingerprint density at radius 1 is 1.31 bits per heavy atom. The fraction of sp³-hybridized carbons (Fsp3) is 0.222. The predicted molar refractivity (Wildman–Crippen MR) is 47.1 cm³/mol. The molecule has 0 bridgehead atoms. The quantitative estimate of drug-likeness (QED) is 0.516. The van der Waals surface area contributed by atoms with Gasteiger partial charge in [-0.25, -0.2) is 8.78 Å². The van der Waals surface area contributed by atoms with Gasteiger partial charge >= 0.3 is 0 Å². The van der Waals surface area contributed by atoms with E-state index in [1.54, 1.807) is 14.1 Å². The van der Waals surface area contributed by atoms with E-state index in [2.05, 4.69) is 0 Å². The van der Waals surface area contributed by atoms with Gasteiger partial charge in [-0.3, -0.25) is 4.79 Å². The normalized spacial score (nSPS) is 9.77. The fourth-order valence-electron chi connectivity index (χ4n) is 1.02. The first-order valence-corrected chi connectivity index (χ1v) is 3.90. The van der Waals surface area contributed by atoms with E-state index < -0.39 is 11.6 Å². The van der Waals surface area contributed by atoms with E-state index in [0.717, 1.165) is 18.2 Å². The largest absolute Gasteiger partial charge is 0.295 e. The first-order chi connectivity index (χ1) is 6.13. The Labute approximate surface area is 76.0 Å². The summed E-state index contributed by atoms with van der Waals surface area (Å²) in [6, 6.07) is 2.82. The number of hydrogen-bond donors (Lipinski definition) is 0. The van der Waals surface area contributed by atoms with Gasteiger partial charge in [-0.05, 0) is 18.5 Å². The van der Waals surface area contributed by atoms with Gasteiger partial charge in [0.05, 0.1) is 0 Å². The molecule has 1 rings (SSSR count). The number of Topliss-reactive ketones (excluding diaryl/α,β-unsaturated/α-hetero) is 1.